The van der Waals surface area contributed by atoms with E-state index in [2.05, 4.69) is 4.98 Å². The number of pyridine rings is 1. The maximum absolute atomic E-state index is 11.3. The third kappa shape index (κ3) is 3.53. The summed E-state index contributed by atoms with van der Waals surface area (Å²) in [5.74, 6) is -0.231. The number of fused-ring (bicyclic) bond motifs is 1. The Balaban J connectivity index is 0.00000144. The maximum Gasteiger partial charge on any atom is 0.311 e. The first-order chi connectivity index (χ1) is 7.79. The number of nitrogens with zero attached hydrogens (tertiary/aromatic N) is 1. The van der Waals surface area contributed by atoms with Crippen molar-refractivity contribution >= 4 is 33.7 Å². The van der Waals surface area contributed by atoms with E-state index in [4.69, 9.17) is 4.74 Å². The zero-order valence-electron chi connectivity index (χ0n) is 9.55. The minimum Gasteiger partial charge on any atom is -0.466 e. The highest BCUT2D eigenvalue weighted by atomic mass is 79.9. The molecule has 1 aromatic carbocycles. The SMILES string of the molecule is Br.CCOC(=O)Cc1cc2ccccc2cn1. The van der Waals surface area contributed by atoms with Gasteiger partial charge >= 0.3 is 5.97 Å². The number of ether oxygens (including phenoxy) is 1. The van der Waals surface area contributed by atoms with Crippen molar-refractivity contribution < 1.29 is 9.53 Å². The van der Waals surface area contributed by atoms with Crippen LogP contribution in [-0.4, -0.2) is 17.6 Å². The molecular weight excluding hydrogens is 282 g/mol. The van der Waals surface area contributed by atoms with Gasteiger partial charge in [0.1, 0.15) is 0 Å². The van der Waals surface area contributed by atoms with Gasteiger partial charge in [0.05, 0.1) is 18.7 Å². The van der Waals surface area contributed by atoms with Crippen LogP contribution in [0.2, 0.25) is 0 Å². The van der Waals surface area contributed by atoms with Crippen LogP contribution in [0.1, 0.15) is 12.6 Å². The normalized spacial score (nSPS) is 9.71. The quantitative estimate of drug-likeness (QED) is 0.818. The van der Waals surface area contributed by atoms with Gasteiger partial charge in [0, 0.05) is 11.6 Å². The summed E-state index contributed by atoms with van der Waals surface area (Å²) in [6.45, 7) is 2.21. The van der Waals surface area contributed by atoms with E-state index in [1.54, 1.807) is 13.1 Å². The Hall–Kier alpha value is -1.42. The van der Waals surface area contributed by atoms with Gasteiger partial charge in [0.25, 0.3) is 0 Å². The monoisotopic (exact) mass is 295 g/mol. The molecule has 0 atom stereocenters. The van der Waals surface area contributed by atoms with Gasteiger partial charge in [-0.3, -0.25) is 9.78 Å². The fourth-order valence-electron chi connectivity index (χ4n) is 1.59. The average molecular weight is 296 g/mol. The van der Waals surface area contributed by atoms with Crippen LogP contribution >= 0.6 is 17.0 Å². The number of carbonyl (C=O) groups is 1. The molecule has 17 heavy (non-hydrogen) atoms. The molecule has 0 N–H and O–H groups in total. The number of benzene rings is 1. The van der Waals surface area contributed by atoms with Crippen molar-refractivity contribution in [3.8, 4) is 0 Å². The number of carbonyl (C=O) groups excluding carboxylic acids is 1. The highest BCUT2D eigenvalue weighted by Gasteiger charge is 2.05. The Kier molecular flexibility index (Phi) is 5.10. The number of aromatic nitrogens is 1. The smallest absolute Gasteiger partial charge is 0.311 e. The van der Waals surface area contributed by atoms with Crippen molar-refractivity contribution in [2.75, 3.05) is 6.61 Å². The molecule has 0 bridgehead atoms. The Morgan fingerprint density at radius 2 is 2.00 bits per heavy atom. The molecule has 2 aromatic rings. The van der Waals surface area contributed by atoms with Gasteiger partial charge in [0.2, 0.25) is 0 Å². The molecule has 4 heteroatoms. The molecule has 1 aromatic heterocycles. The summed E-state index contributed by atoms with van der Waals surface area (Å²) < 4.78 is 4.88. The maximum atomic E-state index is 11.3. The van der Waals surface area contributed by atoms with Crippen LogP contribution in [0.3, 0.4) is 0 Å². The number of esters is 1. The first-order valence-electron chi connectivity index (χ1n) is 5.29. The van der Waals surface area contributed by atoms with Crippen molar-refractivity contribution in [2.45, 2.75) is 13.3 Å². The summed E-state index contributed by atoms with van der Waals surface area (Å²) in [4.78, 5) is 15.5. The van der Waals surface area contributed by atoms with E-state index in [0.717, 1.165) is 16.5 Å². The molecule has 0 radical (unpaired) electrons. The molecule has 0 aliphatic carbocycles. The topological polar surface area (TPSA) is 39.2 Å². The van der Waals surface area contributed by atoms with Crippen molar-refractivity contribution in [3.63, 3.8) is 0 Å². The summed E-state index contributed by atoms with van der Waals surface area (Å²) in [6, 6.07) is 9.86. The first kappa shape index (κ1) is 13.6. The summed E-state index contributed by atoms with van der Waals surface area (Å²) in [5.41, 5.74) is 0.747. The molecule has 0 unspecified atom stereocenters. The largest absolute Gasteiger partial charge is 0.466 e. The summed E-state index contributed by atoms with van der Waals surface area (Å²) in [5, 5.41) is 2.17. The molecule has 0 saturated carbocycles. The zero-order chi connectivity index (χ0) is 11.4. The van der Waals surface area contributed by atoms with Crippen molar-refractivity contribution in [3.05, 3.63) is 42.2 Å². The fourth-order valence-corrected chi connectivity index (χ4v) is 1.59. The lowest BCUT2D eigenvalue weighted by molar-refractivity contribution is -0.142. The molecule has 0 fully saturated rings. The lowest BCUT2D eigenvalue weighted by Gasteiger charge is -2.02. The van der Waals surface area contributed by atoms with Crippen LogP contribution in [0.15, 0.2) is 36.5 Å². The minimum atomic E-state index is -0.231. The van der Waals surface area contributed by atoms with Gasteiger partial charge in [-0.2, -0.15) is 0 Å². The van der Waals surface area contributed by atoms with Gasteiger partial charge in [-0.15, -0.1) is 17.0 Å². The predicted octanol–water partition coefficient (Wildman–Crippen LogP) is 2.92. The van der Waals surface area contributed by atoms with E-state index >= 15 is 0 Å². The highest BCUT2D eigenvalue weighted by molar-refractivity contribution is 8.93. The fraction of sp³-hybridized carbons (Fsp3) is 0.231. The van der Waals surface area contributed by atoms with Gasteiger partial charge in [-0.25, -0.2) is 0 Å². The Labute approximate surface area is 111 Å². The highest BCUT2D eigenvalue weighted by Crippen LogP contribution is 2.13. The van der Waals surface area contributed by atoms with Gasteiger partial charge < -0.3 is 4.74 Å². The molecule has 0 amide bonds. The molecule has 0 saturated heterocycles. The molecular formula is C13H14BrNO2. The Morgan fingerprint density at radius 1 is 1.29 bits per heavy atom. The van der Waals surface area contributed by atoms with E-state index in [1.165, 1.54) is 0 Å². The van der Waals surface area contributed by atoms with Crippen LogP contribution in [0.5, 0.6) is 0 Å². The van der Waals surface area contributed by atoms with Crippen LogP contribution in [-0.2, 0) is 16.0 Å². The molecule has 0 spiro atoms. The predicted molar refractivity (Wildman–Crippen MR) is 72.4 cm³/mol. The summed E-state index contributed by atoms with van der Waals surface area (Å²) in [6.07, 6.45) is 2.02. The van der Waals surface area contributed by atoms with E-state index in [-0.39, 0.29) is 29.4 Å². The number of halogens is 1. The summed E-state index contributed by atoms with van der Waals surface area (Å²) >= 11 is 0. The first-order valence-corrected chi connectivity index (χ1v) is 5.29. The second-order valence-corrected chi connectivity index (χ2v) is 3.50. The van der Waals surface area contributed by atoms with E-state index in [1.807, 2.05) is 30.3 Å². The third-order valence-corrected chi connectivity index (χ3v) is 2.32. The second kappa shape index (κ2) is 6.35. The third-order valence-electron chi connectivity index (χ3n) is 2.32. The lowest BCUT2D eigenvalue weighted by Crippen LogP contribution is -2.08. The van der Waals surface area contributed by atoms with E-state index in [0.29, 0.717) is 6.61 Å². The summed E-state index contributed by atoms with van der Waals surface area (Å²) in [7, 11) is 0. The van der Waals surface area contributed by atoms with Gasteiger partial charge in [-0.1, -0.05) is 24.3 Å². The zero-order valence-corrected chi connectivity index (χ0v) is 11.3. The number of hydrogen-bond donors (Lipinski definition) is 0. The lowest BCUT2D eigenvalue weighted by atomic mass is 10.1. The molecule has 90 valence electrons. The average Bonchev–Trinajstić information content (AvgIpc) is 2.29. The molecule has 1 heterocycles. The van der Waals surface area contributed by atoms with Crippen LogP contribution in [0.4, 0.5) is 0 Å². The van der Waals surface area contributed by atoms with Gasteiger partial charge in [0.15, 0.2) is 0 Å². The molecule has 2 rings (SSSR count). The van der Waals surface area contributed by atoms with Crippen molar-refractivity contribution in [1.82, 2.24) is 4.98 Å². The van der Waals surface area contributed by atoms with Crippen molar-refractivity contribution in [1.29, 1.82) is 0 Å². The standard InChI is InChI=1S/C13H13NO2.BrH/c1-2-16-13(15)8-12-7-10-5-3-4-6-11(10)9-14-12;/h3-7,9H,2,8H2,1H3;1H. The number of rotatable bonds is 3. The minimum absolute atomic E-state index is 0. The Bertz CT molecular complexity index is 514. The molecule has 3 nitrogen and oxygen atoms in total. The second-order valence-electron chi connectivity index (χ2n) is 3.50. The van der Waals surface area contributed by atoms with Crippen molar-refractivity contribution in [2.24, 2.45) is 0 Å². The van der Waals surface area contributed by atoms with Crippen LogP contribution in [0.25, 0.3) is 10.8 Å². The molecule has 0 aliphatic rings. The van der Waals surface area contributed by atoms with Gasteiger partial charge in [-0.05, 0) is 18.4 Å². The van der Waals surface area contributed by atoms with E-state index in [9.17, 15) is 4.79 Å². The Morgan fingerprint density at radius 3 is 2.71 bits per heavy atom. The van der Waals surface area contributed by atoms with Crippen LogP contribution < -0.4 is 0 Å². The van der Waals surface area contributed by atoms with E-state index < -0.39 is 0 Å². The number of hydrogen-bond acceptors (Lipinski definition) is 3. The van der Waals surface area contributed by atoms with Crippen LogP contribution in [0, 0.1) is 0 Å². The molecule has 0 aliphatic heterocycles.